The second kappa shape index (κ2) is 5.01. The fraction of sp³-hybridized carbons (Fsp3) is 0.0625. The van der Waals surface area contributed by atoms with E-state index in [1.165, 1.54) is 12.1 Å². The minimum absolute atomic E-state index is 0.197. The molecule has 21 heavy (non-hydrogen) atoms. The third-order valence-corrected chi connectivity index (χ3v) is 3.25. The van der Waals surface area contributed by atoms with Crippen molar-refractivity contribution in [1.29, 1.82) is 0 Å². The second-order valence-corrected chi connectivity index (χ2v) is 4.83. The van der Waals surface area contributed by atoms with Crippen molar-refractivity contribution in [2.75, 3.05) is 11.1 Å². The van der Waals surface area contributed by atoms with Gasteiger partial charge in [-0.2, -0.15) is 0 Å². The summed E-state index contributed by atoms with van der Waals surface area (Å²) >= 11 is 0. The lowest BCUT2D eigenvalue weighted by Crippen LogP contribution is -2.01. The number of nitrogens with zero attached hydrogens (tertiary/aromatic N) is 1. The van der Waals surface area contributed by atoms with Crippen molar-refractivity contribution in [3.63, 3.8) is 0 Å². The number of hydrogen-bond donors (Lipinski definition) is 2. The lowest BCUT2D eigenvalue weighted by atomic mass is 10.2. The number of pyridine rings is 1. The molecule has 3 rings (SSSR count). The number of halogens is 2. The molecule has 0 saturated carbocycles. The topological polar surface area (TPSA) is 50.9 Å². The van der Waals surface area contributed by atoms with Crippen LogP contribution in [0.2, 0.25) is 0 Å². The van der Waals surface area contributed by atoms with Crippen LogP contribution in [-0.2, 0) is 0 Å². The number of aromatic nitrogens is 1. The van der Waals surface area contributed by atoms with Gasteiger partial charge >= 0.3 is 0 Å². The van der Waals surface area contributed by atoms with Crippen LogP contribution >= 0.6 is 0 Å². The number of fused-ring (bicyclic) bond motifs is 1. The van der Waals surface area contributed by atoms with Crippen LogP contribution in [0.25, 0.3) is 10.9 Å². The zero-order valence-corrected chi connectivity index (χ0v) is 11.3. The van der Waals surface area contributed by atoms with E-state index in [-0.39, 0.29) is 5.69 Å². The molecular formula is C16H13F2N3. The van der Waals surface area contributed by atoms with Gasteiger partial charge in [-0.05, 0) is 48.9 Å². The highest BCUT2D eigenvalue weighted by molar-refractivity contribution is 5.83. The maximum absolute atomic E-state index is 14.0. The van der Waals surface area contributed by atoms with E-state index in [9.17, 15) is 8.78 Å². The molecule has 2 aromatic carbocycles. The fourth-order valence-corrected chi connectivity index (χ4v) is 2.11. The molecule has 0 aliphatic carbocycles. The van der Waals surface area contributed by atoms with E-state index >= 15 is 0 Å². The monoisotopic (exact) mass is 285 g/mol. The molecule has 0 unspecified atom stereocenters. The first kappa shape index (κ1) is 13.3. The van der Waals surface area contributed by atoms with Crippen LogP contribution in [0.4, 0.5) is 26.0 Å². The van der Waals surface area contributed by atoms with Gasteiger partial charge in [0.25, 0.3) is 0 Å². The average Bonchev–Trinajstić information content (AvgIpc) is 2.48. The van der Waals surface area contributed by atoms with Crippen LogP contribution in [0, 0.1) is 18.6 Å². The largest absolute Gasteiger partial charge is 0.399 e. The Morgan fingerprint density at radius 3 is 2.67 bits per heavy atom. The van der Waals surface area contributed by atoms with Gasteiger partial charge in [0, 0.05) is 11.1 Å². The zero-order chi connectivity index (χ0) is 15.0. The molecule has 106 valence electrons. The Morgan fingerprint density at radius 2 is 1.86 bits per heavy atom. The van der Waals surface area contributed by atoms with Gasteiger partial charge in [-0.25, -0.2) is 13.8 Å². The van der Waals surface area contributed by atoms with Gasteiger partial charge in [-0.3, -0.25) is 0 Å². The number of nitrogens with two attached hydrogens (primary N) is 1. The number of benzene rings is 2. The van der Waals surface area contributed by atoms with Gasteiger partial charge in [0.15, 0.2) is 5.82 Å². The highest BCUT2D eigenvalue weighted by Crippen LogP contribution is 2.26. The van der Waals surface area contributed by atoms with Crippen LogP contribution in [0.15, 0.2) is 42.5 Å². The molecule has 0 amide bonds. The van der Waals surface area contributed by atoms with E-state index in [1.807, 2.05) is 0 Å². The predicted molar refractivity (Wildman–Crippen MR) is 80.5 cm³/mol. The Labute approximate surface area is 120 Å². The Balaban J connectivity index is 2.02. The highest BCUT2D eigenvalue weighted by atomic mass is 19.1. The maximum Gasteiger partial charge on any atom is 0.152 e. The molecule has 5 heteroatoms. The molecule has 0 fully saturated rings. The lowest BCUT2D eigenvalue weighted by Gasteiger charge is -2.10. The molecule has 3 aromatic rings. The molecule has 1 aromatic heterocycles. The summed E-state index contributed by atoms with van der Waals surface area (Å²) in [4.78, 5) is 4.32. The van der Waals surface area contributed by atoms with E-state index in [0.29, 0.717) is 22.6 Å². The first-order valence-corrected chi connectivity index (χ1v) is 6.42. The molecule has 0 spiro atoms. The molecule has 0 bridgehead atoms. The average molecular weight is 285 g/mol. The SMILES string of the molecule is Cc1ccc(F)c(Nc2ccc3cc(N)ccc3n2)c1F. The number of hydrogen-bond acceptors (Lipinski definition) is 3. The number of anilines is 3. The predicted octanol–water partition coefficient (Wildman–Crippen LogP) is 4.15. The van der Waals surface area contributed by atoms with E-state index in [1.54, 1.807) is 37.3 Å². The Bertz CT molecular complexity index is 831. The number of nitrogen functional groups attached to an aromatic ring is 1. The molecule has 0 aliphatic rings. The zero-order valence-electron chi connectivity index (χ0n) is 11.3. The van der Waals surface area contributed by atoms with Gasteiger partial charge in [-0.1, -0.05) is 6.07 Å². The molecule has 1 heterocycles. The van der Waals surface area contributed by atoms with Crippen LogP contribution in [-0.4, -0.2) is 4.98 Å². The first-order valence-electron chi connectivity index (χ1n) is 6.42. The Kier molecular flexibility index (Phi) is 3.17. The third-order valence-electron chi connectivity index (χ3n) is 3.25. The smallest absolute Gasteiger partial charge is 0.152 e. The van der Waals surface area contributed by atoms with Crippen molar-refractivity contribution in [1.82, 2.24) is 4.98 Å². The second-order valence-electron chi connectivity index (χ2n) is 4.83. The highest BCUT2D eigenvalue weighted by Gasteiger charge is 2.12. The van der Waals surface area contributed by atoms with Crippen molar-refractivity contribution in [3.8, 4) is 0 Å². The standard InChI is InChI=1S/C16H13F2N3/c1-9-2-5-12(17)16(15(9)18)21-14-7-3-10-8-11(19)4-6-13(10)20-14/h2-8H,19H2,1H3,(H,20,21). The summed E-state index contributed by atoms with van der Waals surface area (Å²) in [5.74, 6) is -0.901. The van der Waals surface area contributed by atoms with Crippen molar-refractivity contribution < 1.29 is 8.78 Å². The van der Waals surface area contributed by atoms with E-state index in [4.69, 9.17) is 5.73 Å². The molecule has 0 radical (unpaired) electrons. The quantitative estimate of drug-likeness (QED) is 0.695. The van der Waals surface area contributed by atoms with Crippen LogP contribution in [0.5, 0.6) is 0 Å². The number of rotatable bonds is 2. The van der Waals surface area contributed by atoms with Gasteiger partial charge in [0.1, 0.15) is 17.3 Å². The number of aryl methyl sites for hydroxylation is 1. The van der Waals surface area contributed by atoms with Gasteiger partial charge in [0.2, 0.25) is 0 Å². The molecule has 0 atom stereocenters. The molecule has 0 aliphatic heterocycles. The summed E-state index contributed by atoms with van der Waals surface area (Å²) in [7, 11) is 0. The summed E-state index contributed by atoms with van der Waals surface area (Å²) in [5.41, 5.74) is 7.21. The summed E-state index contributed by atoms with van der Waals surface area (Å²) in [6, 6.07) is 11.4. The number of nitrogens with one attached hydrogen (secondary N) is 1. The lowest BCUT2D eigenvalue weighted by molar-refractivity contribution is 0.585. The fourth-order valence-electron chi connectivity index (χ4n) is 2.11. The van der Waals surface area contributed by atoms with Gasteiger partial charge < -0.3 is 11.1 Å². The van der Waals surface area contributed by atoms with Crippen LogP contribution < -0.4 is 11.1 Å². The van der Waals surface area contributed by atoms with E-state index < -0.39 is 11.6 Å². The van der Waals surface area contributed by atoms with E-state index in [0.717, 1.165) is 5.39 Å². The summed E-state index contributed by atoms with van der Waals surface area (Å²) < 4.78 is 27.7. The molecule has 0 saturated heterocycles. The van der Waals surface area contributed by atoms with Crippen LogP contribution in [0.1, 0.15) is 5.56 Å². The van der Waals surface area contributed by atoms with Gasteiger partial charge in [0.05, 0.1) is 5.52 Å². The summed E-state index contributed by atoms with van der Waals surface area (Å²) in [6.45, 7) is 1.58. The molecular weight excluding hydrogens is 272 g/mol. The molecule has 3 nitrogen and oxygen atoms in total. The minimum atomic E-state index is -0.655. The van der Waals surface area contributed by atoms with Crippen LogP contribution in [0.3, 0.4) is 0 Å². The molecule has 3 N–H and O–H groups in total. The normalized spacial score (nSPS) is 10.8. The Morgan fingerprint density at radius 1 is 1.05 bits per heavy atom. The van der Waals surface area contributed by atoms with Crippen molar-refractivity contribution in [2.24, 2.45) is 0 Å². The Hall–Kier alpha value is -2.69. The third kappa shape index (κ3) is 2.50. The van der Waals surface area contributed by atoms with Crippen molar-refractivity contribution in [3.05, 3.63) is 59.7 Å². The van der Waals surface area contributed by atoms with Gasteiger partial charge in [-0.15, -0.1) is 0 Å². The minimum Gasteiger partial charge on any atom is -0.399 e. The first-order chi connectivity index (χ1) is 10.0. The summed E-state index contributed by atoms with van der Waals surface area (Å²) in [5, 5.41) is 3.56. The van der Waals surface area contributed by atoms with E-state index in [2.05, 4.69) is 10.3 Å². The maximum atomic E-state index is 14.0. The van der Waals surface area contributed by atoms with Crippen molar-refractivity contribution >= 4 is 28.1 Å². The summed E-state index contributed by atoms with van der Waals surface area (Å²) in [6.07, 6.45) is 0. The van der Waals surface area contributed by atoms with Crippen molar-refractivity contribution in [2.45, 2.75) is 6.92 Å².